The van der Waals surface area contributed by atoms with Crippen LogP contribution in [0.5, 0.6) is 0 Å². The SMILES string of the molecule is CN(CCC(=O)O)C(=O)N1CCCC2CCCC21. The predicted octanol–water partition coefficient (Wildman–Crippen LogP) is 1.78. The Hall–Kier alpha value is -1.26. The van der Waals surface area contributed by atoms with E-state index < -0.39 is 5.97 Å². The number of amides is 2. The summed E-state index contributed by atoms with van der Waals surface area (Å²) in [6.45, 7) is 1.12. The van der Waals surface area contributed by atoms with Gasteiger partial charge in [-0.2, -0.15) is 0 Å². The molecule has 0 aromatic carbocycles. The van der Waals surface area contributed by atoms with E-state index in [1.54, 1.807) is 11.9 Å². The van der Waals surface area contributed by atoms with Crippen molar-refractivity contribution in [3.05, 3.63) is 0 Å². The third-order valence-corrected chi connectivity index (χ3v) is 4.23. The molecule has 2 rings (SSSR count). The third kappa shape index (κ3) is 2.76. The lowest BCUT2D eigenvalue weighted by atomic mass is 9.92. The van der Waals surface area contributed by atoms with Crippen molar-refractivity contribution in [2.45, 2.75) is 44.6 Å². The van der Waals surface area contributed by atoms with E-state index >= 15 is 0 Å². The quantitative estimate of drug-likeness (QED) is 0.835. The number of hydrogen-bond acceptors (Lipinski definition) is 2. The summed E-state index contributed by atoms with van der Waals surface area (Å²) in [5.74, 6) is -0.178. The van der Waals surface area contributed by atoms with Gasteiger partial charge in [0.25, 0.3) is 0 Å². The molecular formula is C13H22N2O3. The Labute approximate surface area is 108 Å². The lowest BCUT2D eigenvalue weighted by Gasteiger charge is -2.39. The first-order chi connectivity index (χ1) is 8.59. The minimum Gasteiger partial charge on any atom is -0.481 e. The number of carbonyl (C=O) groups excluding carboxylic acids is 1. The van der Waals surface area contributed by atoms with Crippen LogP contribution in [0.1, 0.15) is 38.5 Å². The molecule has 2 aliphatic rings. The molecule has 2 unspecified atom stereocenters. The molecule has 18 heavy (non-hydrogen) atoms. The molecule has 0 aromatic heterocycles. The summed E-state index contributed by atoms with van der Waals surface area (Å²) in [5, 5.41) is 8.65. The molecule has 0 bridgehead atoms. The molecule has 1 heterocycles. The van der Waals surface area contributed by atoms with Gasteiger partial charge in [-0.05, 0) is 31.6 Å². The Morgan fingerprint density at radius 2 is 2.00 bits per heavy atom. The van der Waals surface area contributed by atoms with Gasteiger partial charge >= 0.3 is 12.0 Å². The smallest absolute Gasteiger partial charge is 0.320 e. The average Bonchev–Trinajstić information content (AvgIpc) is 2.82. The second kappa shape index (κ2) is 5.59. The molecule has 0 aromatic rings. The van der Waals surface area contributed by atoms with Crippen molar-refractivity contribution >= 4 is 12.0 Å². The van der Waals surface area contributed by atoms with Crippen molar-refractivity contribution in [2.24, 2.45) is 5.92 Å². The summed E-state index contributed by atoms with van der Waals surface area (Å²) in [5.41, 5.74) is 0. The zero-order valence-corrected chi connectivity index (χ0v) is 11.0. The van der Waals surface area contributed by atoms with Crippen LogP contribution in [-0.4, -0.2) is 53.1 Å². The number of hydrogen-bond donors (Lipinski definition) is 1. The van der Waals surface area contributed by atoms with Crippen LogP contribution in [0.25, 0.3) is 0 Å². The van der Waals surface area contributed by atoms with Crippen LogP contribution >= 0.6 is 0 Å². The van der Waals surface area contributed by atoms with Gasteiger partial charge in [0.1, 0.15) is 0 Å². The molecule has 1 aliphatic heterocycles. The van der Waals surface area contributed by atoms with E-state index in [1.165, 1.54) is 19.3 Å². The zero-order valence-electron chi connectivity index (χ0n) is 11.0. The molecule has 2 fully saturated rings. The molecule has 1 saturated carbocycles. The van der Waals surface area contributed by atoms with Crippen molar-refractivity contribution in [3.8, 4) is 0 Å². The van der Waals surface area contributed by atoms with E-state index in [0.717, 1.165) is 19.4 Å². The molecular weight excluding hydrogens is 232 g/mol. The second-order valence-electron chi connectivity index (χ2n) is 5.44. The highest BCUT2D eigenvalue weighted by atomic mass is 16.4. The van der Waals surface area contributed by atoms with Crippen LogP contribution in [0.15, 0.2) is 0 Å². The largest absolute Gasteiger partial charge is 0.481 e. The van der Waals surface area contributed by atoms with Crippen LogP contribution in [0.3, 0.4) is 0 Å². The topological polar surface area (TPSA) is 60.9 Å². The summed E-state index contributed by atoms with van der Waals surface area (Å²) in [6, 6.07) is 0.409. The van der Waals surface area contributed by atoms with E-state index in [1.807, 2.05) is 4.90 Å². The summed E-state index contributed by atoms with van der Waals surface area (Å²) < 4.78 is 0. The summed E-state index contributed by atoms with van der Waals surface area (Å²) in [4.78, 5) is 26.4. The summed E-state index contributed by atoms with van der Waals surface area (Å²) >= 11 is 0. The van der Waals surface area contributed by atoms with Gasteiger partial charge in [-0.1, -0.05) is 6.42 Å². The first kappa shape index (κ1) is 13.2. The fraction of sp³-hybridized carbons (Fsp3) is 0.846. The monoisotopic (exact) mass is 254 g/mol. The number of fused-ring (bicyclic) bond motifs is 1. The predicted molar refractivity (Wildman–Crippen MR) is 67.3 cm³/mol. The number of piperidine rings is 1. The minimum atomic E-state index is -0.855. The van der Waals surface area contributed by atoms with Crippen molar-refractivity contribution in [3.63, 3.8) is 0 Å². The summed E-state index contributed by atoms with van der Waals surface area (Å²) in [6.07, 6.45) is 5.92. The first-order valence-electron chi connectivity index (χ1n) is 6.83. The molecule has 2 atom stereocenters. The highest BCUT2D eigenvalue weighted by Gasteiger charge is 2.38. The van der Waals surface area contributed by atoms with E-state index in [0.29, 0.717) is 18.5 Å². The van der Waals surface area contributed by atoms with Crippen molar-refractivity contribution in [1.82, 2.24) is 9.80 Å². The third-order valence-electron chi connectivity index (χ3n) is 4.23. The Kier molecular flexibility index (Phi) is 4.09. The number of carboxylic acid groups (broad SMARTS) is 1. The first-order valence-corrected chi connectivity index (χ1v) is 6.83. The minimum absolute atomic E-state index is 0.00727. The van der Waals surface area contributed by atoms with E-state index in [9.17, 15) is 9.59 Å². The molecule has 1 N–H and O–H groups in total. The lowest BCUT2D eigenvalue weighted by Crippen LogP contribution is -2.51. The van der Waals surface area contributed by atoms with Crippen LogP contribution in [-0.2, 0) is 4.79 Å². The maximum atomic E-state index is 12.3. The molecule has 1 aliphatic carbocycles. The lowest BCUT2D eigenvalue weighted by molar-refractivity contribution is -0.137. The number of carboxylic acids is 1. The Morgan fingerprint density at radius 3 is 2.72 bits per heavy atom. The molecule has 5 heteroatoms. The maximum absolute atomic E-state index is 12.3. The van der Waals surface area contributed by atoms with Gasteiger partial charge in [0.05, 0.1) is 6.42 Å². The van der Waals surface area contributed by atoms with Crippen molar-refractivity contribution in [1.29, 1.82) is 0 Å². The van der Waals surface area contributed by atoms with Gasteiger partial charge in [-0.3, -0.25) is 4.79 Å². The van der Waals surface area contributed by atoms with E-state index in [4.69, 9.17) is 5.11 Å². The highest BCUT2D eigenvalue weighted by molar-refractivity contribution is 5.75. The van der Waals surface area contributed by atoms with E-state index in [2.05, 4.69) is 0 Å². The van der Waals surface area contributed by atoms with Gasteiger partial charge in [0, 0.05) is 26.2 Å². The number of carbonyl (C=O) groups is 2. The van der Waals surface area contributed by atoms with Gasteiger partial charge in [-0.15, -0.1) is 0 Å². The molecule has 0 spiro atoms. The van der Waals surface area contributed by atoms with Crippen molar-refractivity contribution in [2.75, 3.05) is 20.1 Å². The Bertz CT molecular complexity index is 332. The zero-order chi connectivity index (χ0) is 13.1. The van der Waals surface area contributed by atoms with E-state index in [-0.39, 0.29) is 12.5 Å². The Morgan fingerprint density at radius 1 is 1.28 bits per heavy atom. The van der Waals surface area contributed by atoms with Crippen LogP contribution < -0.4 is 0 Å². The van der Waals surface area contributed by atoms with Gasteiger partial charge in [0.15, 0.2) is 0 Å². The fourth-order valence-corrected chi connectivity index (χ4v) is 3.27. The standard InChI is InChI=1S/C13H22N2O3/c1-14(9-7-12(16)17)13(18)15-8-3-5-10-4-2-6-11(10)15/h10-11H,2-9H2,1H3,(H,16,17). The second-order valence-corrected chi connectivity index (χ2v) is 5.44. The highest BCUT2D eigenvalue weighted by Crippen LogP contribution is 2.37. The van der Waals surface area contributed by atoms with Gasteiger partial charge < -0.3 is 14.9 Å². The Balaban J connectivity index is 1.92. The molecule has 2 amide bonds. The number of nitrogens with zero attached hydrogens (tertiary/aromatic N) is 2. The fourth-order valence-electron chi connectivity index (χ4n) is 3.27. The van der Waals surface area contributed by atoms with Gasteiger partial charge in [-0.25, -0.2) is 4.79 Å². The number of likely N-dealkylation sites (tertiary alicyclic amines) is 1. The molecule has 0 radical (unpaired) electrons. The summed E-state index contributed by atoms with van der Waals surface area (Å²) in [7, 11) is 1.70. The molecule has 102 valence electrons. The van der Waals surface area contributed by atoms with Crippen LogP contribution in [0.4, 0.5) is 4.79 Å². The average molecular weight is 254 g/mol. The maximum Gasteiger partial charge on any atom is 0.320 e. The van der Waals surface area contributed by atoms with Crippen molar-refractivity contribution < 1.29 is 14.7 Å². The van der Waals surface area contributed by atoms with Gasteiger partial charge in [0.2, 0.25) is 0 Å². The number of rotatable bonds is 3. The normalized spacial score (nSPS) is 26.8. The number of aliphatic carboxylic acids is 1. The molecule has 1 saturated heterocycles. The molecule has 5 nitrogen and oxygen atoms in total. The number of urea groups is 1. The van der Waals surface area contributed by atoms with Crippen LogP contribution in [0, 0.1) is 5.92 Å². The van der Waals surface area contributed by atoms with Crippen LogP contribution in [0.2, 0.25) is 0 Å².